The number of carbonyl (C=O) groups is 1. The van der Waals surface area contributed by atoms with E-state index in [1.54, 1.807) is 31.4 Å². The summed E-state index contributed by atoms with van der Waals surface area (Å²) in [4.78, 5) is 11.8. The van der Waals surface area contributed by atoms with Crippen molar-refractivity contribution >= 4 is 12.0 Å². The Kier molecular flexibility index (Phi) is 5.73. The van der Waals surface area contributed by atoms with Crippen molar-refractivity contribution in [3.63, 3.8) is 0 Å². The predicted octanol–water partition coefficient (Wildman–Crippen LogP) is 0.0791. The van der Waals surface area contributed by atoms with E-state index < -0.39 is 36.7 Å². The maximum absolute atomic E-state index is 11.8. The van der Waals surface area contributed by atoms with Crippen LogP contribution in [0.4, 0.5) is 0 Å². The molecule has 1 aromatic carbocycles. The molecule has 0 aliphatic carbocycles. The lowest BCUT2D eigenvalue weighted by Gasteiger charge is -2.38. The van der Waals surface area contributed by atoms with Gasteiger partial charge in [0.15, 0.2) is 12.4 Å². The number of benzene rings is 1. The number of rotatable bonds is 4. The minimum Gasteiger partial charge on any atom is -0.497 e. The van der Waals surface area contributed by atoms with Gasteiger partial charge in [-0.15, -0.1) is 0 Å². The number of aliphatic hydroxyl groups is 3. The first-order valence-electron chi connectivity index (χ1n) is 7.15. The highest BCUT2D eigenvalue weighted by atomic mass is 16.7. The monoisotopic (exact) mass is 324 g/mol. The molecule has 0 aromatic heterocycles. The summed E-state index contributed by atoms with van der Waals surface area (Å²) >= 11 is 0. The smallest absolute Gasteiger partial charge is 0.331 e. The zero-order valence-corrected chi connectivity index (χ0v) is 12.8. The fraction of sp³-hybridized carbons (Fsp3) is 0.438. The van der Waals surface area contributed by atoms with Crippen LogP contribution >= 0.6 is 0 Å². The number of hydrogen-bond donors (Lipinski definition) is 3. The molecule has 7 heteroatoms. The zero-order chi connectivity index (χ0) is 17.0. The molecule has 0 spiro atoms. The SMILES string of the molecule is COc1ccc(C=CC(=O)OC2C(O)OC(C)C(O)C2O)cc1. The normalized spacial score (nSPS) is 31.1. The second-order valence-corrected chi connectivity index (χ2v) is 5.22. The molecule has 0 radical (unpaired) electrons. The van der Waals surface area contributed by atoms with Crippen LogP contribution in [-0.4, -0.2) is 59.1 Å². The van der Waals surface area contributed by atoms with Gasteiger partial charge < -0.3 is 29.5 Å². The summed E-state index contributed by atoms with van der Waals surface area (Å²) in [6.45, 7) is 1.50. The molecule has 1 heterocycles. The van der Waals surface area contributed by atoms with Gasteiger partial charge in [0.05, 0.1) is 13.2 Å². The standard InChI is InChI=1S/C16H20O7/c1-9-13(18)14(19)15(16(20)22-9)23-12(17)8-5-10-3-6-11(21-2)7-4-10/h3-9,13-16,18-20H,1-2H3. The Bertz CT molecular complexity index is 554. The van der Waals surface area contributed by atoms with E-state index in [1.807, 2.05) is 0 Å². The highest BCUT2D eigenvalue weighted by Crippen LogP contribution is 2.22. The summed E-state index contributed by atoms with van der Waals surface area (Å²) in [6.07, 6.45) is -3.61. The molecule has 3 N–H and O–H groups in total. The van der Waals surface area contributed by atoms with Gasteiger partial charge in [-0.3, -0.25) is 0 Å². The number of carbonyl (C=O) groups excluding carboxylic acids is 1. The molecule has 2 rings (SSSR count). The fourth-order valence-electron chi connectivity index (χ4n) is 2.20. The van der Waals surface area contributed by atoms with Crippen LogP contribution in [0.2, 0.25) is 0 Å². The summed E-state index contributed by atoms with van der Waals surface area (Å²) < 4.78 is 15.0. The molecule has 0 amide bonds. The van der Waals surface area contributed by atoms with Crippen molar-refractivity contribution in [2.75, 3.05) is 7.11 Å². The number of ether oxygens (including phenoxy) is 3. The molecule has 1 aromatic rings. The summed E-state index contributed by atoms with van der Waals surface area (Å²) in [5.74, 6) is -0.0762. The van der Waals surface area contributed by atoms with E-state index in [2.05, 4.69) is 0 Å². The van der Waals surface area contributed by atoms with Gasteiger partial charge in [-0.25, -0.2) is 4.79 Å². The maximum atomic E-state index is 11.8. The van der Waals surface area contributed by atoms with Crippen molar-refractivity contribution in [1.82, 2.24) is 0 Å². The highest BCUT2D eigenvalue weighted by Gasteiger charge is 2.44. The van der Waals surface area contributed by atoms with Crippen LogP contribution in [0.5, 0.6) is 5.75 Å². The number of methoxy groups -OCH3 is 1. The highest BCUT2D eigenvalue weighted by molar-refractivity contribution is 5.87. The van der Waals surface area contributed by atoms with E-state index in [0.29, 0.717) is 5.75 Å². The third-order valence-corrected chi connectivity index (χ3v) is 3.58. The first-order valence-corrected chi connectivity index (χ1v) is 7.15. The van der Waals surface area contributed by atoms with E-state index >= 15 is 0 Å². The summed E-state index contributed by atoms with van der Waals surface area (Å²) in [5.41, 5.74) is 0.748. The topological polar surface area (TPSA) is 105 Å². The van der Waals surface area contributed by atoms with Gasteiger partial charge >= 0.3 is 5.97 Å². The van der Waals surface area contributed by atoms with E-state index in [4.69, 9.17) is 14.2 Å². The Labute approximate surface area is 133 Å². The number of esters is 1. The van der Waals surface area contributed by atoms with E-state index in [1.165, 1.54) is 13.0 Å². The molecule has 23 heavy (non-hydrogen) atoms. The van der Waals surface area contributed by atoms with Crippen LogP contribution < -0.4 is 4.74 Å². The average molecular weight is 324 g/mol. The molecular weight excluding hydrogens is 304 g/mol. The largest absolute Gasteiger partial charge is 0.497 e. The minimum atomic E-state index is -1.50. The number of hydrogen-bond acceptors (Lipinski definition) is 7. The first kappa shape index (κ1) is 17.4. The van der Waals surface area contributed by atoms with Crippen LogP contribution in [0.3, 0.4) is 0 Å². The van der Waals surface area contributed by atoms with Gasteiger partial charge in [-0.2, -0.15) is 0 Å². The first-order chi connectivity index (χ1) is 10.9. The minimum absolute atomic E-state index is 0.693. The Hall–Kier alpha value is -1.93. The third kappa shape index (κ3) is 4.29. The van der Waals surface area contributed by atoms with Gasteiger partial charge in [-0.1, -0.05) is 12.1 Å². The second kappa shape index (κ2) is 7.56. The molecule has 1 aliphatic heterocycles. The van der Waals surface area contributed by atoms with Crippen LogP contribution in [-0.2, 0) is 14.3 Å². The Morgan fingerprint density at radius 2 is 1.83 bits per heavy atom. The molecule has 1 aliphatic rings. The molecule has 7 nitrogen and oxygen atoms in total. The van der Waals surface area contributed by atoms with Gasteiger partial charge in [0.2, 0.25) is 0 Å². The lowest BCUT2D eigenvalue weighted by molar-refractivity contribution is -0.281. The summed E-state index contributed by atoms with van der Waals surface area (Å²) in [7, 11) is 1.56. The van der Waals surface area contributed by atoms with Crippen LogP contribution in [0, 0.1) is 0 Å². The number of aliphatic hydroxyl groups excluding tert-OH is 3. The van der Waals surface area contributed by atoms with Crippen molar-refractivity contribution in [1.29, 1.82) is 0 Å². The van der Waals surface area contributed by atoms with Crippen LogP contribution in [0.25, 0.3) is 6.08 Å². The third-order valence-electron chi connectivity index (χ3n) is 3.58. The molecule has 1 saturated heterocycles. The molecule has 1 fully saturated rings. The zero-order valence-electron chi connectivity index (χ0n) is 12.8. The van der Waals surface area contributed by atoms with E-state index in [9.17, 15) is 20.1 Å². The van der Waals surface area contributed by atoms with Crippen molar-refractivity contribution in [2.45, 2.75) is 37.6 Å². The van der Waals surface area contributed by atoms with E-state index in [0.717, 1.165) is 11.6 Å². The van der Waals surface area contributed by atoms with Crippen LogP contribution in [0.1, 0.15) is 12.5 Å². The van der Waals surface area contributed by atoms with E-state index in [-0.39, 0.29) is 0 Å². The van der Waals surface area contributed by atoms with Gasteiger partial charge in [0, 0.05) is 6.08 Å². The summed E-state index contributed by atoms with van der Waals surface area (Å²) in [5, 5.41) is 29.3. The summed E-state index contributed by atoms with van der Waals surface area (Å²) in [6, 6.07) is 6.99. The van der Waals surface area contributed by atoms with Crippen LogP contribution in [0.15, 0.2) is 30.3 Å². The Morgan fingerprint density at radius 1 is 1.17 bits per heavy atom. The van der Waals surface area contributed by atoms with Gasteiger partial charge in [-0.05, 0) is 30.7 Å². The second-order valence-electron chi connectivity index (χ2n) is 5.22. The van der Waals surface area contributed by atoms with Crippen molar-refractivity contribution < 1.29 is 34.3 Å². The van der Waals surface area contributed by atoms with Gasteiger partial charge in [0.1, 0.15) is 18.0 Å². The van der Waals surface area contributed by atoms with Gasteiger partial charge in [0.25, 0.3) is 0 Å². The molecule has 5 atom stereocenters. The van der Waals surface area contributed by atoms with Crippen molar-refractivity contribution in [2.24, 2.45) is 0 Å². The predicted molar refractivity (Wildman–Crippen MR) is 80.5 cm³/mol. The Morgan fingerprint density at radius 3 is 2.43 bits per heavy atom. The van der Waals surface area contributed by atoms with Crippen molar-refractivity contribution in [3.05, 3.63) is 35.9 Å². The molecule has 0 bridgehead atoms. The lowest BCUT2D eigenvalue weighted by atomic mass is 10.00. The quantitative estimate of drug-likeness (QED) is 0.532. The van der Waals surface area contributed by atoms with Crippen molar-refractivity contribution in [3.8, 4) is 5.75 Å². The maximum Gasteiger partial charge on any atom is 0.331 e. The molecule has 5 unspecified atom stereocenters. The molecule has 126 valence electrons. The Balaban J connectivity index is 1.96. The average Bonchev–Trinajstić information content (AvgIpc) is 2.55. The lowest BCUT2D eigenvalue weighted by Crippen LogP contribution is -2.57. The molecular formula is C16H20O7. The molecule has 0 saturated carbocycles. The fourth-order valence-corrected chi connectivity index (χ4v) is 2.20.